The summed E-state index contributed by atoms with van der Waals surface area (Å²) in [6, 6.07) is 11.4. The third kappa shape index (κ3) is 5.94. The number of ether oxygens (including phenoxy) is 1. The number of carbonyl (C=O) groups is 4. The molecule has 1 aromatic heterocycles. The Morgan fingerprint density at radius 1 is 0.920 bits per heavy atom. The minimum absolute atomic E-state index is 0.0756. The van der Waals surface area contributed by atoms with Gasteiger partial charge in [0.1, 0.15) is 6.54 Å². The maximum Gasteiger partial charge on any atom is 0.325 e. The molecule has 2 rings (SSSR count). The fourth-order valence-electron chi connectivity index (χ4n) is 1.79. The molecule has 0 radical (unpaired) electrons. The van der Waals surface area contributed by atoms with Crippen LogP contribution in [0.15, 0.2) is 53.1 Å². The lowest BCUT2D eigenvalue weighted by Gasteiger charge is -2.07. The van der Waals surface area contributed by atoms with Crippen LogP contribution in [-0.2, 0) is 14.3 Å². The number of rotatable bonds is 8. The average molecular weight is 344 g/mol. The third-order valence-electron chi connectivity index (χ3n) is 3.04. The fourth-order valence-corrected chi connectivity index (χ4v) is 1.79. The number of benzene rings is 1. The zero-order valence-electron chi connectivity index (χ0n) is 13.2. The predicted molar refractivity (Wildman–Crippen MR) is 85.8 cm³/mol. The van der Waals surface area contributed by atoms with Crippen LogP contribution in [0.1, 0.15) is 20.9 Å². The summed E-state index contributed by atoms with van der Waals surface area (Å²) in [5.41, 5.74) is 0.431. The standard InChI is InChI=1S/C17H16N2O6/c20-13(12-5-2-1-3-6-12)11-25-16(22)10-18-15(21)9-19-17(23)14-7-4-8-24-14/h1-8H,9-11H2,(H,18,21)(H,19,23). The predicted octanol–water partition coefficient (Wildman–Crippen LogP) is 0.552. The van der Waals surface area contributed by atoms with E-state index >= 15 is 0 Å². The molecule has 130 valence electrons. The van der Waals surface area contributed by atoms with Crippen molar-refractivity contribution in [2.75, 3.05) is 19.7 Å². The number of hydrogen-bond donors (Lipinski definition) is 2. The summed E-state index contributed by atoms with van der Waals surface area (Å²) in [6.45, 7) is -1.14. The molecule has 25 heavy (non-hydrogen) atoms. The van der Waals surface area contributed by atoms with Gasteiger partial charge in [-0.2, -0.15) is 0 Å². The first kappa shape index (κ1) is 17.9. The number of esters is 1. The van der Waals surface area contributed by atoms with Crippen LogP contribution in [0.2, 0.25) is 0 Å². The summed E-state index contributed by atoms with van der Waals surface area (Å²) in [6.07, 6.45) is 1.34. The van der Waals surface area contributed by atoms with Gasteiger partial charge in [0, 0.05) is 5.56 Å². The summed E-state index contributed by atoms with van der Waals surface area (Å²) in [5, 5.41) is 4.61. The van der Waals surface area contributed by atoms with Gasteiger partial charge in [0.2, 0.25) is 5.91 Å². The van der Waals surface area contributed by atoms with Crippen LogP contribution in [0.3, 0.4) is 0 Å². The molecule has 1 heterocycles. The Morgan fingerprint density at radius 3 is 2.36 bits per heavy atom. The van der Waals surface area contributed by atoms with Crippen LogP contribution < -0.4 is 10.6 Å². The van der Waals surface area contributed by atoms with E-state index in [0.717, 1.165) is 0 Å². The molecule has 1 aromatic carbocycles. The summed E-state index contributed by atoms with van der Waals surface area (Å²) in [7, 11) is 0. The number of furan rings is 1. The van der Waals surface area contributed by atoms with E-state index in [0.29, 0.717) is 5.56 Å². The van der Waals surface area contributed by atoms with Crippen molar-refractivity contribution in [3.05, 3.63) is 60.1 Å². The normalized spacial score (nSPS) is 9.92. The Balaban J connectivity index is 1.63. The quantitative estimate of drug-likeness (QED) is 0.534. The SMILES string of the molecule is O=C(CNC(=O)c1ccco1)NCC(=O)OCC(=O)c1ccccc1. The van der Waals surface area contributed by atoms with Crippen molar-refractivity contribution in [2.45, 2.75) is 0 Å². The van der Waals surface area contributed by atoms with Crippen molar-refractivity contribution in [3.63, 3.8) is 0 Å². The highest BCUT2D eigenvalue weighted by molar-refractivity contribution is 5.98. The number of ketones is 1. The Bertz CT molecular complexity index is 740. The van der Waals surface area contributed by atoms with Crippen LogP contribution >= 0.6 is 0 Å². The van der Waals surface area contributed by atoms with Gasteiger partial charge in [0.15, 0.2) is 18.2 Å². The Labute approximate surface area is 143 Å². The van der Waals surface area contributed by atoms with Gasteiger partial charge < -0.3 is 19.8 Å². The second-order valence-electron chi connectivity index (χ2n) is 4.89. The largest absolute Gasteiger partial charge is 0.459 e. The molecule has 0 aliphatic carbocycles. The molecule has 2 N–H and O–H groups in total. The van der Waals surface area contributed by atoms with Gasteiger partial charge in [-0.05, 0) is 12.1 Å². The van der Waals surface area contributed by atoms with Gasteiger partial charge in [0.05, 0.1) is 12.8 Å². The molecule has 0 bridgehead atoms. The van der Waals surface area contributed by atoms with Crippen molar-refractivity contribution in [3.8, 4) is 0 Å². The van der Waals surface area contributed by atoms with Crippen molar-refractivity contribution in [1.29, 1.82) is 0 Å². The zero-order valence-corrected chi connectivity index (χ0v) is 13.2. The van der Waals surface area contributed by atoms with E-state index in [2.05, 4.69) is 10.6 Å². The monoisotopic (exact) mass is 344 g/mol. The number of hydrogen-bond acceptors (Lipinski definition) is 6. The molecule has 0 atom stereocenters. The minimum atomic E-state index is -0.755. The smallest absolute Gasteiger partial charge is 0.325 e. The molecular formula is C17H16N2O6. The van der Waals surface area contributed by atoms with Crippen molar-refractivity contribution in [1.82, 2.24) is 10.6 Å². The molecule has 0 aliphatic rings. The number of amides is 2. The number of Topliss-reactive ketones (excluding diaryl/α,β-unsaturated/α-hetero) is 1. The van der Waals surface area contributed by atoms with E-state index in [4.69, 9.17) is 9.15 Å². The molecule has 0 spiro atoms. The van der Waals surface area contributed by atoms with E-state index in [1.807, 2.05) is 0 Å². The summed E-state index contributed by atoms with van der Waals surface area (Å²) in [4.78, 5) is 46.4. The molecule has 8 nitrogen and oxygen atoms in total. The molecular weight excluding hydrogens is 328 g/mol. The van der Waals surface area contributed by atoms with Crippen molar-refractivity contribution in [2.24, 2.45) is 0 Å². The Kier molecular flexibility index (Phi) is 6.47. The van der Waals surface area contributed by atoms with Crippen LogP contribution in [0.4, 0.5) is 0 Å². The fraction of sp³-hybridized carbons (Fsp3) is 0.176. The summed E-state index contributed by atoms with van der Waals surface area (Å²) in [5.74, 6) is -2.14. The highest BCUT2D eigenvalue weighted by Gasteiger charge is 2.13. The lowest BCUT2D eigenvalue weighted by atomic mass is 10.1. The highest BCUT2D eigenvalue weighted by Crippen LogP contribution is 2.00. The van der Waals surface area contributed by atoms with Crippen LogP contribution in [0.5, 0.6) is 0 Å². The van der Waals surface area contributed by atoms with E-state index in [-0.39, 0.29) is 18.1 Å². The van der Waals surface area contributed by atoms with E-state index < -0.39 is 30.9 Å². The number of nitrogens with one attached hydrogen (secondary N) is 2. The maximum absolute atomic E-state index is 11.8. The van der Waals surface area contributed by atoms with Crippen molar-refractivity contribution < 1.29 is 28.3 Å². The summed E-state index contributed by atoms with van der Waals surface area (Å²) >= 11 is 0. The molecule has 8 heteroatoms. The molecule has 2 aromatic rings. The first-order chi connectivity index (χ1) is 12.1. The van der Waals surface area contributed by atoms with Gasteiger partial charge in [-0.15, -0.1) is 0 Å². The van der Waals surface area contributed by atoms with Crippen molar-refractivity contribution >= 4 is 23.6 Å². The zero-order chi connectivity index (χ0) is 18.1. The van der Waals surface area contributed by atoms with Crippen LogP contribution in [-0.4, -0.2) is 43.3 Å². The lowest BCUT2D eigenvalue weighted by Crippen LogP contribution is -2.39. The van der Waals surface area contributed by atoms with E-state index in [1.165, 1.54) is 12.3 Å². The topological polar surface area (TPSA) is 115 Å². The molecule has 0 saturated carbocycles. The Morgan fingerprint density at radius 2 is 1.68 bits per heavy atom. The summed E-state index contributed by atoms with van der Waals surface area (Å²) < 4.78 is 9.65. The Hall–Kier alpha value is -3.42. The first-order valence-corrected chi connectivity index (χ1v) is 7.38. The molecule has 0 fully saturated rings. The maximum atomic E-state index is 11.8. The second kappa shape index (κ2) is 9.02. The molecule has 2 amide bonds. The third-order valence-corrected chi connectivity index (χ3v) is 3.04. The molecule has 0 saturated heterocycles. The lowest BCUT2D eigenvalue weighted by molar-refractivity contribution is -0.142. The van der Waals surface area contributed by atoms with Gasteiger partial charge in [-0.1, -0.05) is 30.3 Å². The highest BCUT2D eigenvalue weighted by atomic mass is 16.5. The minimum Gasteiger partial charge on any atom is -0.459 e. The number of carbonyl (C=O) groups excluding carboxylic acids is 4. The first-order valence-electron chi connectivity index (χ1n) is 7.38. The van der Waals surface area contributed by atoms with Gasteiger partial charge >= 0.3 is 5.97 Å². The van der Waals surface area contributed by atoms with Crippen LogP contribution in [0, 0.1) is 0 Å². The van der Waals surface area contributed by atoms with Crippen LogP contribution in [0.25, 0.3) is 0 Å². The second-order valence-corrected chi connectivity index (χ2v) is 4.89. The van der Waals surface area contributed by atoms with E-state index in [1.54, 1.807) is 36.4 Å². The average Bonchev–Trinajstić information content (AvgIpc) is 3.18. The van der Waals surface area contributed by atoms with E-state index in [9.17, 15) is 19.2 Å². The molecule has 0 unspecified atom stereocenters. The van der Waals surface area contributed by atoms with Gasteiger partial charge in [-0.3, -0.25) is 19.2 Å². The van der Waals surface area contributed by atoms with Gasteiger partial charge in [0.25, 0.3) is 5.91 Å². The molecule has 0 aliphatic heterocycles. The van der Waals surface area contributed by atoms with Gasteiger partial charge in [-0.25, -0.2) is 0 Å².